The molecule has 0 bridgehead atoms. The standard InChI is InChI=1S/C25H26N4O4/c1-26-24(32)25(13-14-29(16-25)23(31)20-11-12-22(30)28-27-20)15-17-7-9-18(10-8-17)19-5-3-4-6-21(19)33-2/h3-12H,13-16H2,1-2H3,(H,26,32)(H,28,30)/t25-/m1/s1. The number of benzene rings is 2. The molecule has 3 aromatic rings. The van der Waals surface area contributed by atoms with Crippen LogP contribution in [0, 0.1) is 5.41 Å². The molecule has 0 unspecified atom stereocenters. The molecule has 4 rings (SSSR count). The van der Waals surface area contributed by atoms with Gasteiger partial charge in [0.2, 0.25) is 5.91 Å². The number of carbonyl (C=O) groups is 2. The van der Waals surface area contributed by atoms with Gasteiger partial charge in [0.1, 0.15) is 11.4 Å². The van der Waals surface area contributed by atoms with Gasteiger partial charge >= 0.3 is 0 Å². The minimum Gasteiger partial charge on any atom is -0.496 e. The monoisotopic (exact) mass is 446 g/mol. The highest BCUT2D eigenvalue weighted by molar-refractivity contribution is 5.93. The molecule has 1 fully saturated rings. The number of carbonyl (C=O) groups excluding carboxylic acids is 2. The van der Waals surface area contributed by atoms with Crippen molar-refractivity contribution in [3.8, 4) is 16.9 Å². The number of amides is 2. The van der Waals surface area contributed by atoms with Crippen molar-refractivity contribution in [3.05, 3.63) is 82.3 Å². The molecular weight excluding hydrogens is 420 g/mol. The van der Waals surface area contributed by atoms with Crippen LogP contribution >= 0.6 is 0 Å². The zero-order valence-electron chi connectivity index (χ0n) is 18.6. The van der Waals surface area contributed by atoms with Gasteiger partial charge in [0.25, 0.3) is 11.5 Å². The van der Waals surface area contributed by atoms with Gasteiger partial charge in [-0.1, -0.05) is 42.5 Å². The Labute approximate surface area is 191 Å². The third kappa shape index (κ3) is 4.50. The van der Waals surface area contributed by atoms with Gasteiger partial charge in [-0.2, -0.15) is 5.10 Å². The lowest BCUT2D eigenvalue weighted by molar-refractivity contribution is -0.129. The second kappa shape index (κ2) is 9.28. The van der Waals surface area contributed by atoms with Gasteiger partial charge < -0.3 is 15.0 Å². The first kappa shape index (κ1) is 22.3. The summed E-state index contributed by atoms with van der Waals surface area (Å²) in [7, 11) is 3.26. The predicted molar refractivity (Wildman–Crippen MR) is 124 cm³/mol. The second-order valence-corrected chi connectivity index (χ2v) is 8.22. The summed E-state index contributed by atoms with van der Waals surface area (Å²) in [5.41, 5.74) is 2.08. The molecule has 1 atom stereocenters. The van der Waals surface area contributed by atoms with Crippen molar-refractivity contribution >= 4 is 11.8 Å². The van der Waals surface area contributed by atoms with E-state index in [-0.39, 0.29) is 29.6 Å². The van der Waals surface area contributed by atoms with E-state index in [1.807, 2.05) is 48.5 Å². The third-order valence-electron chi connectivity index (χ3n) is 6.16. The molecule has 33 heavy (non-hydrogen) atoms. The van der Waals surface area contributed by atoms with Crippen LogP contribution in [0.25, 0.3) is 11.1 Å². The summed E-state index contributed by atoms with van der Waals surface area (Å²) in [6.07, 6.45) is 1.04. The summed E-state index contributed by atoms with van der Waals surface area (Å²) in [6.45, 7) is 0.715. The van der Waals surface area contributed by atoms with Gasteiger partial charge in [0, 0.05) is 31.8 Å². The number of rotatable bonds is 6. The highest BCUT2D eigenvalue weighted by atomic mass is 16.5. The lowest BCUT2D eigenvalue weighted by Crippen LogP contribution is -2.44. The Bertz CT molecular complexity index is 1200. The van der Waals surface area contributed by atoms with E-state index in [0.717, 1.165) is 22.4 Å². The van der Waals surface area contributed by atoms with Crippen LogP contribution in [-0.2, 0) is 11.2 Å². The predicted octanol–water partition coefficient (Wildman–Crippen LogP) is 2.27. The number of H-pyrrole nitrogens is 1. The molecule has 1 aliphatic rings. The first-order valence-corrected chi connectivity index (χ1v) is 10.8. The van der Waals surface area contributed by atoms with Crippen LogP contribution in [0.4, 0.5) is 0 Å². The molecule has 2 amide bonds. The van der Waals surface area contributed by atoms with Crippen molar-refractivity contribution in [2.45, 2.75) is 12.8 Å². The smallest absolute Gasteiger partial charge is 0.274 e. The van der Waals surface area contributed by atoms with Crippen LogP contribution in [0.2, 0.25) is 0 Å². The van der Waals surface area contributed by atoms with E-state index in [9.17, 15) is 14.4 Å². The maximum Gasteiger partial charge on any atom is 0.274 e. The number of methoxy groups -OCH3 is 1. The lowest BCUT2D eigenvalue weighted by atomic mass is 9.79. The maximum absolute atomic E-state index is 12.9. The molecule has 1 aromatic heterocycles. The van der Waals surface area contributed by atoms with E-state index in [4.69, 9.17) is 4.74 Å². The fraction of sp³-hybridized carbons (Fsp3) is 0.280. The number of likely N-dealkylation sites (tertiary alicyclic amines) is 1. The Morgan fingerprint density at radius 3 is 2.55 bits per heavy atom. The summed E-state index contributed by atoms with van der Waals surface area (Å²) < 4.78 is 5.46. The van der Waals surface area contributed by atoms with Gasteiger partial charge in [-0.3, -0.25) is 14.4 Å². The van der Waals surface area contributed by atoms with E-state index in [1.165, 1.54) is 12.1 Å². The third-order valence-corrected chi connectivity index (χ3v) is 6.16. The van der Waals surface area contributed by atoms with Crippen molar-refractivity contribution in [3.63, 3.8) is 0 Å². The zero-order chi connectivity index (χ0) is 23.4. The van der Waals surface area contributed by atoms with Gasteiger partial charge in [0.15, 0.2) is 0 Å². The van der Waals surface area contributed by atoms with E-state index < -0.39 is 5.41 Å². The molecule has 2 heterocycles. The normalized spacial score (nSPS) is 17.6. The molecular formula is C25H26N4O4. The summed E-state index contributed by atoms with van der Waals surface area (Å²) in [5.74, 6) is 0.400. The van der Waals surface area contributed by atoms with E-state index in [0.29, 0.717) is 19.4 Å². The molecule has 0 radical (unpaired) electrons. The van der Waals surface area contributed by atoms with Crippen molar-refractivity contribution in [1.82, 2.24) is 20.4 Å². The number of aromatic amines is 1. The molecule has 0 aliphatic carbocycles. The summed E-state index contributed by atoms with van der Waals surface area (Å²) in [4.78, 5) is 38.7. The second-order valence-electron chi connectivity index (χ2n) is 8.22. The highest BCUT2D eigenvalue weighted by Gasteiger charge is 2.45. The van der Waals surface area contributed by atoms with E-state index in [1.54, 1.807) is 19.1 Å². The SMILES string of the molecule is CNC(=O)[C@@]1(Cc2ccc(-c3ccccc3OC)cc2)CCN(C(=O)c2ccc(=O)[nH]n2)C1. The molecule has 170 valence electrons. The number of nitrogens with one attached hydrogen (secondary N) is 2. The van der Waals surface area contributed by atoms with E-state index in [2.05, 4.69) is 15.5 Å². The lowest BCUT2D eigenvalue weighted by Gasteiger charge is -2.27. The Morgan fingerprint density at radius 1 is 1.12 bits per heavy atom. The topological polar surface area (TPSA) is 104 Å². The fourth-order valence-corrected chi connectivity index (χ4v) is 4.42. The van der Waals surface area contributed by atoms with Crippen LogP contribution < -0.4 is 15.6 Å². The van der Waals surface area contributed by atoms with Crippen LogP contribution in [-0.4, -0.2) is 54.2 Å². The van der Waals surface area contributed by atoms with E-state index >= 15 is 0 Å². The van der Waals surface area contributed by atoms with Crippen LogP contribution in [0.5, 0.6) is 5.75 Å². The molecule has 0 spiro atoms. The first-order chi connectivity index (χ1) is 16.0. The van der Waals surface area contributed by atoms with Crippen molar-refractivity contribution in [1.29, 1.82) is 0 Å². The summed E-state index contributed by atoms with van der Waals surface area (Å²) in [6, 6.07) is 18.6. The van der Waals surface area contributed by atoms with Gasteiger partial charge in [-0.05, 0) is 36.1 Å². The van der Waals surface area contributed by atoms with Crippen molar-refractivity contribution in [2.24, 2.45) is 5.41 Å². The zero-order valence-corrected chi connectivity index (χ0v) is 18.6. The summed E-state index contributed by atoms with van der Waals surface area (Å²) >= 11 is 0. The minimum absolute atomic E-state index is 0.0963. The quantitative estimate of drug-likeness (QED) is 0.605. The molecule has 2 aromatic carbocycles. The highest BCUT2D eigenvalue weighted by Crippen LogP contribution is 2.36. The van der Waals surface area contributed by atoms with Crippen molar-refractivity contribution in [2.75, 3.05) is 27.2 Å². The minimum atomic E-state index is -0.738. The number of ether oxygens (including phenoxy) is 1. The molecule has 8 nitrogen and oxygen atoms in total. The molecule has 1 aliphatic heterocycles. The number of nitrogens with zero attached hydrogens (tertiary/aromatic N) is 2. The molecule has 2 N–H and O–H groups in total. The number of aromatic nitrogens is 2. The van der Waals surface area contributed by atoms with Crippen LogP contribution in [0.15, 0.2) is 65.5 Å². The Kier molecular flexibility index (Phi) is 6.26. The van der Waals surface area contributed by atoms with Crippen LogP contribution in [0.3, 0.4) is 0 Å². The van der Waals surface area contributed by atoms with Gasteiger partial charge in [-0.25, -0.2) is 5.10 Å². The average molecular weight is 447 g/mol. The largest absolute Gasteiger partial charge is 0.496 e. The van der Waals surface area contributed by atoms with Crippen LogP contribution in [0.1, 0.15) is 22.5 Å². The molecule has 0 saturated carbocycles. The Balaban J connectivity index is 1.55. The average Bonchev–Trinajstić information content (AvgIpc) is 3.29. The maximum atomic E-state index is 12.9. The number of hydrogen-bond donors (Lipinski definition) is 2. The Hall–Kier alpha value is -3.94. The van der Waals surface area contributed by atoms with Crippen molar-refractivity contribution < 1.29 is 14.3 Å². The number of hydrogen-bond acceptors (Lipinski definition) is 5. The summed E-state index contributed by atoms with van der Waals surface area (Å²) in [5, 5.41) is 8.89. The van der Waals surface area contributed by atoms with Gasteiger partial charge in [-0.15, -0.1) is 0 Å². The first-order valence-electron chi connectivity index (χ1n) is 10.8. The number of para-hydroxylation sites is 1. The fourth-order valence-electron chi connectivity index (χ4n) is 4.42. The molecule has 1 saturated heterocycles. The molecule has 8 heteroatoms. The van der Waals surface area contributed by atoms with Gasteiger partial charge in [0.05, 0.1) is 12.5 Å². The Morgan fingerprint density at radius 2 is 1.88 bits per heavy atom.